The third-order valence-electron chi connectivity index (χ3n) is 5.63. The molecule has 3 aliphatic rings. The first kappa shape index (κ1) is 15.7. The van der Waals surface area contributed by atoms with Gasteiger partial charge < -0.3 is 14.0 Å². The molecule has 0 aromatic rings. The van der Waals surface area contributed by atoms with E-state index in [0.29, 0.717) is 6.61 Å². The number of nitrogens with zero attached hydrogens (tertiary/aromatic N) is 1. The van der Waals surface area contributed by atoms with Gasteiger partial charge in [-0.3, -0.25) is 4.79 Å². The molecule has 0 unspecified atom stereocenters. The molecule has 0 aromatic carbocycles. The summed E-state index contributed by atoms with van der Waals surface area (Å²) >= 11 is 0. The molecule has 2 heterocycles. The van der Waals surface area contributed by atoms with Gasteiger partial charge in [0.25, 0.3) is 0 Å². The smallest absolute Gasteiger partial charge is 0.313 e. The lowest BCUT2D eigenvalue weighted by Crippen LogP contribution is -2.55. The van der Waals surface area contributed by atoms with Crippen molar-refractivity contribution < 1.29 is 18.8 Å². The van der Waals surface area contributed by atoms with E-state index in [2.05, 4.69) is 45.6 Å². The zero-order valence-corrected chi connectivity index (χ0v) is 15.0. The van der Waals surface area contributed by atoms with Gasteiger partial charge in [0.05, 0.1) is 17.9 Å². The van der Waals surface area contributed by atoms with Crippen molar-refractivity contribution in [2.45, 2.75) is 51.1 Å². The number of fused-ring (bicyclic) bond motifs is 4. The second-order valence-corrected chi connectivity index (χ2v) is 12.7. The Morgan fingerprint density at radius 1 is 1.41 bits per heavy atom. The fourth-order valence-electron chi connectivity index (χ4n) is 3.30. The van der Waals surface area contributed by atoms with E-state index >= 15 is 0 Å². The molecule has 0 spiro atoms. The van der Waals surface area contributed by atoms with E-state index in [4.69, 9.17) is 14.0 Å². The van der Waals surface area contributed by atoms with Crippen LogP contribution in [0.4, 0.5) is 0 Å². The van der Waals surface area contributed by atoms with Gasteiger partial charge in [0.2, 0.25) is 0 Å². The van der Waals surface area contributed by atoms with Crippen LogP contribution in [0.25, 0.3) is 0 Å². The highest BCUT2D eigenvalue weighted by molar-refractivity contribution is 6.74. The van der Waals surface area contributed by atoms with Crippen molar-refractivity contribution in [2.75, 3.05) is 6.61 Å². The summed E-state index contributed by atoms with van der Waals surface area (Å²) in [7, 11) is -2.02. The molecule has 1 saturated heterocycles. The minimum absolute atomic E-state index is 0.0202. The highest BCUT2D eigenvalue weighted by atomic mass is 28.4. The van der Waals surface area contributed by atoms with E-state index in [1.54, 1.807) is 6.08 Å². The number of hydrogen-bond donors (Lipinski definition) is 0. The molecule has 6 heteroatoms. The van der Waals surface area contributed by atoms with Crippen LogP contribution in [0.1, 0.15) is 20.8 Å². The number of ether oxygens (including phenoxy) is 1. The molecule has 0 aromatic heterocycles. The molecule has 2 bridgehead atoms. The van der Waals surface area contributed by atoms with Crippen LogP contribution in [-0.2, 0) is 18.8 Å². The van der Waals surface area contributed by atoms with Crippen molar-refractivity contribution in [3.05, 3.63) is 12.7 Å². The quantitative estimate of drug-likeness (QED) is 0.455. The van der Waals surface area contributed by atoms with Gasteiger partial charge in [-0.05, 0) is 18.1 Å². The highest BCUT2D eigenvalue weighted by Crippen LogP contribution is 2.48. The summed E-state index contributed by atoms with van der Waals surface area (Å²) in [6, 6.07) is 0. The zero-order valence-electron chi connectivity index (χ0n) is 14.0. The first-order valence-electron chi connectivity index (χ1n) is 7.88. The molecule has 0 amide bonds. The second-order valence-electron chi connectivity index (χ2n) is 7.96. The summed E-state index contributed by atoms with van der Waals surface area (Å²) in [5.74, 6) is -0.524. The van der Waals surface area contributed by atoms with Crippen LogP contribution in [0.5, 0.6) is 0 Å². The number of esters is 1. The van der Waals surface area contributed by atoms with Gasteiger partial charge in [0.1, 0.15) is 12.3 Å². The van der Waals surface area contributed by atoms with Gasteiger partial charge in [-0.25, -0.2) is 0 Å². The van der Waals surface area contributed by atoms with E-state index < -0.39 is 8.32 Å². The first-order valence-corrected chi connectivity index (χ1v) is 10.8. The third-order valence-corrected chi connectivity index (χ3v) is 10.1. The van der Waals surface area contributed by atoms with Crippen molar-refractivity contribution in [3.8, 4) is 0 Å². The topological polar surface area (TPSA) is 57.1 Å². The molecule has 2 fully saturated rings. The fourth-order valence-corrected chi connectivity index (χ4v) is 4.65. The largest absolute Gasteiger partial charge is 0.455 e. The lowest BCUT2D eigenvalue weighted by Gasteiger charge is -2.44. The van der Waals surface area contributed by atoms with Gasteiger partial charge in [0.15, 0.2) is 14.4 Å². The van der Waals surface area contributed by atoms with Gasteiger partial charge in [0, 0.05) is 5.92 Å². The molecule has 0 radical (unpaired) electrons. The normalized spacial score (nSPS) is 37.2. The molecule has 1 saturated carbocycles. The lowest BCUT2D eigenvalue weighted by molar-refractivity contribution is -0.144. The van der Waals surface area contributed by atoms with Crippen LogP contribution in [0.15, 0.2) is 17.8 Å². The summed E-state index contributed by atoms with van der Waals surface area (Å²) < 4.78 is 12.2. The maximum absolute atomic E-state index is 12.4. The fraction of sp³-hybridized carbons (Fsp3) is 0.750. The molecule has 2 aliphatic heterocycles. The number of rotatable bonds is 3. The van der Waals surface area contributed by atoms with Crippen molar-refractivity contribution in [1.29, 1.82) is 0 Å². The molecule has 5 nitrogen and oxygen atoms in total. The first-order chi connectivity index (χ1) is 10.2. The van der Waals surface area contributed by atoms with Crippen molar-refractivity contribution in [3.63, 3.8) is 0 Å². The van der Waals surface area contributed by atoms with E-state index in [1.165, 1.54) is 0 Å². The van der Waals surface area contributed by atoms with Crippen molar-refractivity contribution in [1.82, 2.24) is 0 Å². The van der Waals surface area contributed by atoms with Crippen LogP contribution in [0, 0.1) is 17.8 Å². The highest BCUT2D eigenvalue weighted by Gasteiger charge is 2.61. The Morgan fingerprint density at radius 2 is 2.09 bits per heavy atom. The van der Waals surface area contributed by atoms with Crippen LogP contribution < -0.4 is 0 Å². The summed E-state index contributed by atoms with van der Waals surface area (Å²) in [6.07, 6.45) is 1.26. The van der Waals surface area contributed by atoms with E-state index in [0.717, 1.165) is 5.71 Å². The lowest BCUT2D eigenvalue weighted by atomic mass is 9.71. The molecule has 22 heavy (non-hydrogen) atoms. The molecular weight excluding hydrogens is 298 g/mol. The van der Waals surface area contributed by atoms with Gasteiger partial charge in [-0.2, -0.15) is 0 Å². The monoisotopic (exact) mass is 323 g/mol. The second kappa shape index (κ2) is 4.93. The van der Waals surface area contributed by atoms with E-state index in [9.17, 15) is 4.79 Å². The SMILES string of the molecule is C=C[C@@H]1[C@@H]2C(=O)O[C@H]1C1=NOC[C@@H]1[C@H]2O[Si](C)(C)C(C)(C)C. The van der Waals surface area contributed by atoms with E-state index in [1.807, 2.05) is 0 Å². The Morgan fingerprint density at radius 3 is 2.68 bits per heavy atom. The summed E-state index contributed by atoms with van der Waals surface area (Å²) in [5.41, 5.74) is 0.815. The molecule has 5 atom stereocenters. The number of hydrogen-bond acceptors (Lipinski definition) is 5. The maximum atomic E-state index is 12.4. The Hall–Kier alpha value is -1.14. The summed E-state index contributed by atoms with van der Waals surface area (Å²) in [5, 5.41) is 4.21. The van der Waals surface area contributed by atoms with Crippen LogP contribution >= 0.6 is 0 Å². The third kappa shape index (κ3) is 2.15. The summed E-state index contributed by atoms with van der Waals surface area (Å²) in [6.45, 7) is 15.4. The molecular formula is C16H25NO4Si. The molecule has 1 aliphatic carbocycles. The average molecular weight is 323 g/mol. The van der Waals surface area contributed by atoms with Crippen molar-refractivity contribution in [2.24, 2.45) is 22.9 Å². The van der Waals surface area contributed by atoms with Crippen LogP contribution in [0.3, 0.4) is 0 Å². The maximum Gasteiger partial charge on any atom is 0.313 e. The number of oxime groups is 1. The number of carbonyl (C=O) groups is 1. The van der Waals surface area contributed by atoms with Gasteiger partial charge >= 0.3 is 5.97 Å². The van der Waals surface area contributed by atoms with Gasteiger partial charge in [-0.1, -0.05) is 32.0 Å². The Kier molecular flexibility index (Phi) is 3.53. The predicted molar refractivity (Wildman–Crippen MR) is 86.0 cm³/mol. The van der Waals surface area contributed by atoms with Crippen molar-refractivity contribution >= 4 is 20.0 Å². The summed E-state index contributed by atoms with van der Waals surface area (Å²) in [4.78, 5) is 17.7. The zero-order chi connectivity index (χ0) is 16.3. The minimum atomic E-state index is -2.02. The van der Waals surface area contributed by atoms with Gasteiger partial charge in [-0.15, -0.1) is 6.58 Å². The average Bonchev–Trinajstić information content (AvgIpc) is 2.96. The molecule has 0 N–H and O–H groups in total. The number of carbonyl (C=O) groups excluding carboxylic acids is 1. The standard InChI is InChI=1S/C16H25NO4Si/c1-7-9-11-13(21-22(5,6)16(2,3)4)10-8-19-17-12(10)14(9)20-15(11)18/h7,9-11,13-14H,1,8H2,2-6H3/t9-,10+,11+,13-,14-/m1/s1. The van der Waals surface area contributed by atoms with E-state index in [-0.39, 0.29) is 41.0 Å². The predicted octanol–water partition coefficient (Wildman–Crippen LogP) is 2.74. The molecule has 3 rings (SSSR count). The van der Waals surface area contributed by atoms with Crippen LogP contribution in [0.2, 0.25) is 18.1 Å². The Balaban J connectivity index is 1.97. The Bertz CT molecular complexity index is 537. The van der Waals surface area contributed by atoms with Crippen LogP contribution in [-0.4, -0.2) is 38.8 Å². The molecule has 122 valence electrons. The Labute approximate surface area is 132 Å². The minimum Gasteiger partial charge on any atom is -0.455 e.